The van der Waals surface area contributed by atoms with E-state index in [1.807, 2.05) is 24.3 Å². The number of amides is 1. The Morgan fingerprint density at radius 1 is 1.35 bits per heavy atom. The van der Waals surface area contributed by atoms with Gasteiger partial charge in [-0.05, 0) is 25.5 Å². The highest BCUT2D eigenvalue weighted by molar-refractivity contribution is 8.00. The van der Waals surface area contributed by atoms with Crippen molar-refractivity contribution in [2.24, 2.45) is 0 Å². The molecule has 3 heterocycles. The summed E-state index contributed by atoms with van der Waals surface area (Å²) in [6.07, 6.45) is 2.36. The van der Waals surface area contributed by atoms with Crippen LogP contribution in [0.5, 0.6) is 5.75 Å². The van der Waals surface area contributed by atoms with Crippen LogP contribution in [0.2, 0.25) is 0 Å². The molecule has 26 heavy (non-hydrogen) atoms. The maximum absolute atomic E-state index is 12.5. The zero-order valence-corrected chi connectivity index (χ0v) is 16.2. The van der Waals surface area contributed by atoms with Crippen molar-refractivity contribution in [1.82, 2.24) is 15.3 Å². The fourth-order valence-electron chi connectivity index (χ4n) is 3.12. The highest BCUT2D eigenvalue weighted by Gasteiger charge is 2.23. The van der Waals surface area contributed by atoms with Crippen molar-refractivity contribution < 1.29 is 9.53 Å². The number of ether oxygens (including phenoxy) is 1. The van der Waals surface area contributed by atoms with Gasteiger partial charge in [-0.3, -0.25) is 4.79 Å². The summed E-state index contributed by atoms with van der Waals surface area (Å²) in [7, 11) is 0. The molecule has 1 amide bonds. The van der Waals surface area contributed by atoms with Crippen LogP contribution in [0.1, 0.15) is 28.5 Å². The molecule has 1 atom stereocenters. The topological polar surface area (TPSA) is 64.1 Å². The third kappa shape index (κ3) is 3.29. The molecule has 4 rings (SSSR count). The molecule has 0 unspecified atom stereocenters. The Bertz CT molecular complexity index is 971. The summed E-state index contributed by atoms with van der Waals surface area (Å²) in [4.78, 5) is 23.5. The van der Waals surface area contributed by atoms with Crippen LogP contribution >= 0.6 is 23.1 Å². The first-order valence-corrected chi connectivity index (χ1v) is 10.3. The van der Waals surface area contributed by atoms with Gasteiger partial charge in [0, 0.05) is 22.2 Å². The van der Waals surface area contributed by atoms with Gasteiger partial charge in [-0.15, -0.1) is 11.3 Å². The van der Waals surface area contributed by atoms with E-state index >= 15 is 0 Å². The Morgan fingerprint density at radius 2 is 2.19 bits per heavy atom. The second-order valence-corrected chi connectivity index (χ2v) is 8.39. The molecule has 5 nitrogen and oxygen atoms in total. The minimum atomic E-state index is 0.00333. The molecule has 0 aliphatic carbocycles. The van der Waals surface area contributed by atoms with Gasteiger partial charge in [0.25, 0.3) is 0 Å². The quantitative estimate of drug-likeness (QED) is 0.542. The maximum Gasteiger partial charge on any atom is 0.230 e. The summed E-state index contributed by atoms with van der Waals surface area (Å²) in [5.41, 5.74) is 2.25. The van der Waals surface area contributed by atoms with Crippen molar-refractivity contribution in [3.05, 3.63) is 46.6 Å². The van der Waals surface area contributed by atoms with Gasteiger partial charge in [0.1, 0.15) is 21.9 Å². The number of nitrogens with one attached hydrogen (secondary N) is 1. The fraction of sp³-hybridized carbons (Fsp3) is 0.316. The molecular weight excluding hydrogens is 366 g/mol. The summed E-state index contributed by atoms with van der Waals surface area (Å²) in [6.45, 7) is 4.79. The summed E-state index contributed by atoms with van der Waals surface area (Å²) in [5, 5.41) is 5.08. The third-order valence-electron chi connectivity index (χ3n) is 4.56. The Hall–Kier alpha value is -2.12. The van der Waals surface area contributed by atoms with E-state index in [1.165, 1.54) is 22.2 Å². The van der Waals surface area contributed by atoms with Crippen LogP contribution in [-0.2, 0) is 4.79 Å². The smallest absolute Gasteiger partial charge is 0.230 e. The summed E-state index contributed by atoms with van der Waals surface area (Å²) >= 11 is 3.14. The van der Waals surface area contributed by atoms with Crippen LogP contribution in [-0.4, -0.2) is 28.2 Å². The molecule has 1 aliphatic heterocycles. The lowest BCUT2D eigenvalue weighted by molar-refractivity contribution is -0.119. The lowest BCUT2D eigenvalue weighted by Gasteiger charge is -2.26. The number of carbonyl (C=O) groups is 1. The molecule has 0 fully saturated rings. The molecule has 3 aromatic rings. The minimum absolute atomic E-state index is 0.00333. The van der Waals surface area contributed by atoms with Crippen molar-refractivity contribution in [2.75, 3.05) is 12.4 Å². The second-order valence-electron chi connectivity index (χ2n) is 6.23. The van der Waals surface area contributed by atoms with E-state index in [0.29, 0.717) is 12.4 Å². The van der Waals surface area contributed by atoms with Crippen LogP contribution in [0.3, 0.4) is 0 Å². The van der Waals surface area contributed by atoms with Gasteiger partial charge in [-0.25, -0.2) is 9.97 Å². The number of benzene rings is 1. The monoisotopic (exact) mass is 385 g/mol. The standard InChI is InChI=1S/C19H19N3O2S2/c1-11-12(2)26-19-17(11)18(20-10-21-19)25-9-16(23)22-14-7-8-24-15-6-4-3-5-13(14)15/h3-6,10,14H,7-9H2,1-2H3,(H,22,23)/t14-/m1/s1. The number of aromatic nitrogens is 2. The Balaban J connectivity index is 1.46. The number of rotatable bonds is 4. The van der Waals surface area contributed by atoms with Crippen LogP contribution in [0.15, 0.2) is 35.6 Å². The number of hydrogen-bond donors (Lipinski definition) is 1. The van der Waals surface area contributed by atoms with Crippen LogP contribution in [0.25, 0.3) is 10.2 Å². The molecule has 1 aromatic carbocycles. The second kappa shape index (κ2) is 7.25. The predicted molar refractivity (Wildman–Crippen MR) is 105 cm³/mol. The third-order valence-corrected chi connectivity index (χ3v) is 6.67. The number of thioether (sulfide) groups is 1. The highest BCUT2D eigenvalue weighted by atomic mass is 32.2. The van der Waals surface area contributed by atoms with Crippen molar-refractivity contribution in [1.29, 1.82) is 0 Å². The number of para-hydroxylation sites is 1. The number of hydrogen-bond acceptors (Lipinski definition) is 6. The van der Waals surface area contributed by atoms with E-state index in [2.05, 4.69) is 29.1 Å². The van der Waals surface area contributed by atoms with Gasteiger partial charge in [0.15, 0.2) is 0 Å². The van der Waals surface area contributed by atoms with Gasteiger partial charge in [0.05, 0.1) is 18.4 Å². The van der Waals surface area contributed by atoms with E-state index in [0.717, 1.165) is 33.0 Å². The number of aryl methyl sites for hydroxylation is 2. The number of carbonyl (C=O) groups excluding carboxylic acids is 1. The van der Waals surface area contributed by atoms with Crippen molar-refractivity contribution in [2.45, 2.75) is 31.3 Å². The van der Waals surface area contributed by atoms with E-state index < -0.39 is 0 Å². The van der Waals surface area contributed by atoms with Crippen LogP contribution < -0.4 is 10.1 Å². The molecule has 0 saturated carbocycles. The number of thiophene rings is 1. The molecule has 2 aromatic heterocycles. The van der Waals surface area contributed by atoms with Crippen molar-refractivity contribution in [3.63, 3.8) is 0 Å². The van der Waals surface area contributed by atoms with E-state index in [1.54, 1.807) is 17.7 Å². The van der Waals surface area contributed by atoms with Crippen molar-refractivity contribution in [3.8, 4) is 5.75 Å². The van der Waals surface area contributed by atoms with Gasteiger partial charge in [-0.2, -0.15) is 0 Å². The largest absolute Gasteiger partial charge is 0.493 e. The molecule has 0 saturated heterocycles. The Morgan fingerprint density at radius 3 is 3.08 bits per heavy atom. The first-order valence-electron chi connectivity index (χ1n) is 8.48. The lowest BCUT2D eigenvalue weighted by Crippen LogP contribution is -2.33. The van der Waals surface area contributed by atoms with Gasteiger partial charge in [0.2, 0.25) is 5.91 Å². The Labute approximate surface area is 160 Å². The fourth-order valence-corrected chi connectivity index (χ4v) is 5.05. The first kappa shape index (κ1) is 17.3. The highest BCUT2D eigenvalue weighted by Crippen LogP contribution is 2.35. The molecule has 1 aliphatic rings. The SMILES string of the molecule is Cc1sc2ncnc(SCC(=O)N[C@@H]3CCOc4ccccc43)c2c1C. The zero-order chi connectivity index (χ0) is 18.1. The predicted octanol–water partition coefficient (Wildman–Crippen LogP) is 4.04. The summed E-state index contributed by atoms with van der Waals surface area (Å²) in [5.74, 6) is 1.20. The molecule has 1 N–H and O–H groups in total. The van der Waals surface area contributed by atoms with Crippen LogP contribution in [0, 0.1) is 13.8 Å². The molecule has 0 radical (unpaired) electrons. The summed E-state index contributed by atoms with van der Waals surface area (Å²) in [6, 6.07) is 7.88. The molecule has 134 valence electrons. The Kier molecular flexibility index (Phi) is 4.82. The molecular formula is C19H19N3O2S2. The molecule has 7 heteroatoms. The van der Waals surface area contributed by atoms with Crippen molar-refractivity contribution >= 4 is 39.2 Å². The average Bonchev–Trinajstić information content (AvgIpc) is 2.95. The summed E-state index contributed by atoms with van der Waals surface area (Å²) < 4.78 is 5.66. The lowest BCUT2D eigenvalue weighted by atomic mass is 10.0. The van der Waals surface area contributed by atoms with Gasteiger partial charge >= 0.3 is 0 Å². The normalized spacial score (nSPS) is 16.2. The van der Waals surface area contributed by atoms with Gasteiger partial charge in [-0.1, -0.05) is 30.0 Å². The van der Waals surface area contributed by atoms with Crippen LogP contribution in [0.4, 0.5) is 0 Å². The minimum Gasteiger partial charge on any atom is -0.493 e. The zero-order valence-electron chi connectivity index (χ0n) is 14.6. The molecule has 0 spiro atoms. The van der Waals surface area contributed by atoms with E-state index in [-0.39, 0.29) is 11.9 Å². The number of nitrogens with zero attached hydrogens (tertiary/aromatic N) is 2. The maximum atomic E-state index is 12.5. The average molecular weight is 386 g/mol. The van der Waals surface area contributed by atoms with E-state index in [9.17, 15) is 4.79 Å². The molecule has 0 bridgehead atoms. The van der Waals surface area contributed by atoms with E-state index in [4.69, 9.17) is 4.74 Å². The van der Waals surface area contributed by atoms with Gasteiger partial charge < -0.3 is 10.1 Å². The number of fused-ring (bicyclic) bond motifs is 2. The first-order chi connectivity index (χ1) is 12.6.